The number of fused-ring (bicyclic) bond motifs is 2. The average Bonchev–Trinajstić information content (AvgIpc) is 2.85. The fourth-order valence-corrected chi connectivity index (χ4v) is 5.70. The van der Waals surface area contributed by atoms with Crippen molar-refractivity contribution in [3.05, 3.63) is 64.9 Å². The molecule has 0 unspecified atom stereocenters. The first-order valence-electron chi connectivity index (χ1n) is 7.80. The Morgan fingerprint density at radius 3 is 2.30 bits per heavy atom. The molecule has 3 heteroatoms. The molecule has 23 heavy (non-hydrogen) atoms. The van der Waals surface area contributed by atoms with Crippen LogP contribution in [0.3, 0.4) is 0 Å². The molecule has 0 amide bonds. The van der Waals surface area contributed by atoms with E-state index < -0.39 is 0 Å². The van der Waals surface area contributed by atoms with Gasteiger partial charge >= 0.3 is 143 Å². The first-order chi connectivity index (χ1) is 11.0. The molecule has 0 fully saturated rings. The molecule has 4 rings (SSSR count). The van der Waals surface area contributed by atoms with Crippen molar-refractivity contribution >= 4 is 41.1 Å². The van der Waals surface area contributed by atoms with Crippen molar-refractivity contribution in [2.45, 2.75) is 27.7 Å². The van der Waals surface area contributed by atoms with Gasteiger partial charge in [0.15, 0.2) is 0 Å². The zero-order valence-electron chi connectivity index (χ0n) is 13.8. The quantitative estimate of drug-likeness (QED) is 0.473. The summed E-state index contributed by atoms with van der Waals surface area (Å²) >= 11 is 0.298. The topological polar surface area (TPSA) is 16.4 Å². The monoisotopic (exact) mass is 369 g/mol. The van der Waals surface area contributed by atoms with Gasteiger partial charge in [0, 0.05) is 0 Å². The zero-order valence-corrected chi connectivity index (χ0v) is 15.5. The summed E-state index contributed by atoms with van der Waals surface area (Å²) in [7, 11) is 0. The van der Waals surface area contributed by atoms with Crippen molar-refractivity contribution in [2.75, 3.05) is 4.90 Å². The van der Waals surface area contributed by atoms with Crippen molar-refractivity contribution in [1.29, 1.82) is 0 Å². The molecule has 0 radical (unpaired) electrons. The molecule has 0 atom stereocenters. The number of hydrogen-bond donors (Lipinski definition) is 0. The summed E-state index contributed by atoms with van der Waals surface area (Å²) < 4.78 is 8.85. The van der Waals surface area contributed by atoms with Gasteiger partial charge in [-0.2, -0.15) is 0 Å². The fourth-order valence-electron chi connectivity index (χ4n) is 3.41. The second kappa shape index (κ2) is 5.30. The van der Waals surface area contributed by atoms with Crippen LogP contribution in [0.5, 0.6) is 0 Å². The first kappa shape index (κ1) is 14.6. The molecule has 116 valence electrons. The van der Waals surface area contributed by atoms with Gasteiger partial charge in [0.25, 0.3) is 0 Å². The Balaban J connectivity index is 2.02. The molecular weight excluding hydrogens is 349 g/mol. The summed E-state index contributed by atoms with van der Waals surface area (Å²) in [6.45, 7) is 8.56. The predicted molar refractivity (Wildman–Crippen MR) is 97.4 cm³/mol. The maximum absolute atomic E-state index is 6.11. The average molecular weight is 368 g/mol. The minimum absolute atomic E-state index is 0.298. The molecule has 3 aromatic rings. The Kier molecular flexibility index (Phi) is 3.37. The zero-order chi connectivity index (χ0) is 16.1. The van der Waals surface area contributed by atoms with Crippen LogP contribution in [0.1, 0.15) is 22.5 Å². The number of para-hydroxylation sites is 1. The Labute approximate surface area is 143 Å². The molecule has 2 heterocycles. The third-order valence-corrected chi connectivity index (χ3v) is 6.45. The van der Waals surface area contributed by atoms with Gasteiger partial charge in [0.1, 0.15) is 0 Å². The normalized spacial score (nSPS) is 13.0. The Morgan fingerprint density at radius 1 is 0.870 bits per heavy atom. The number of hydrogen-bond acceptors (Lipinski definition) is 2. The van der Waals surface area contributed by atoms with E-state index in [2.05, 4.69) is 68.1 Å². The third-order valence-electron chi connectivity index (χ3n) is 4.19. The Bertz CT molecular complexity index is 887. The molecule has 1 aliphatic heterocycles. The molecule has 0 N–H and O–H groups in total. The van der Waals surface area contributed by atoms with Crippen molar-refractivity contribution in [3.8, 4) is 0 Å². The molecule has 2 nitrogen and oxygen atoms in total. The molecule has 1 aromatic heterocycles. The van der Waals surface area contributed by atoms with E-state index in [4.69, 9.17) is 4.42 Å². The first-order valence-corrected chi connectivity index (χ1v) is 9.51. The molecule has 0 saturated heterocycles. The van der Waals surface area contributed by atoms with Crippen molar-refractivity contribution in [1.82, 2.24) is 0 Å². The maximum atomic E-state index is 6.11. The van der Waals surface area contributed by atoms with E-state index in [1.54, 1.807) is 0 Å². The van der Waals surface area contributed by atoms with Crippen molar-refractivity contribution in [2.24, 2.45) is 0 Å². The number of furan rings is 1. The molecular formula is C20H19NOSe. The summed E-state index contributed by atoms with van der Waals surface area (Å²) in [4.78, 5) is 2.31. The van der Waals surface area contributed by atoms with Crippen LogP contribution in [0.4, 0.5) is 17.3 Å². The standard InChI is InChI=1S/C20H19NOSe/c1-12-9-13(2)19(14(3)10-12)21-16-7-5-6-8-17(16)23-18-11-15(4)22-20(18)21/h5-11H,1-4H3. The van der Waals surface area contributed by atoms with Gasteiger partial charge < -0.3 is 0 Å². The van der Waals surface area contributed by atoms with Crippen molar-refractivity contribution in [3.63, 3.8) is 0 Å². The van der Waals surface area contributed by atoms with Crippen LogP contribution < -0.4 is 13.8 Å². The van der Waals surface area contributed by atoms with Crippen LogP contribution in [0.15, 0.2) is 46.9 Å². The van der Waals surface area contributed by atoms with Crippen molar-refractivity contribution < 1.29 is 4.42 Å². The van der Waals surface area contributed by atoms with Crippen LogP contribution in [0.25, 0.3) is 0 Å². The molecule has 0 bridgehead atoms. The molecule has 2 aromatic carbocycles. The van der Waals surface area contributed by atoms with E-state index in [0.29, 0.717) is 15.0 Å². The molecule has 1 aliphatic rings. The van der Waals surface area contributed by atoms with Crippen LogP contribution >= 0.6 is 0 Å². The van der Waals surface area contributed by atoms with Crippen LogP contribution in [0.2, 0.25) is 0 Å². The number of nitrogens with zero attached hydrogens (tertiary/aromatic N) is 1. The summed E-state index contributed by atoms with van der Waals surface area (Å²) in [6, 6.07) is 15.4. The number of rotatable bonds is 1. The van der Waals surface area contributed by atoms with E-state index in [1.807, 2.05) is 6.92 Å². The fraction of sp³-hybridized carbons (Fsp3) is 0.200. The second-order valence-corrected chi connectivity index (χ2v) is 8.45. The van der Waals surface area contributed by atoms with Crippen LogP contribution in [0, 0.1) is 27.7 Å². The third kappa shape index (κ3) is 2.32. The van der Waals surface area contributed by atoms with Crippen LogP contribution in [-0.2, 0) is 0 Å². The van der Waals surface area contributed by atoms with Gasteiger partial charge in [0.05, 0.1) is 0 Å². The number of aryl methyl sites for hydroxylation is 4. The minimum atomic E-state index is 0.298. The van der Waals surface area contributed by atoms with E-state index in [1.165, 1.54) is 37.0 Å². The van der Waals surface area contributed by atoms with E-state index in [9.17, 15) is 0 Å². The summed E-state index contributed by atoms with van der Waals surface area (Å²) in [6.07, 6.45) is 0. The van der Waals surface area contributed by atoms with Crippen LogP contribution in [-0.4, -0.2) is 15.0 Å². The van der Waals surface area contributed by atoms with Gasteiger partial charge in [-0.15, -0.1) is 0 Å². The Morgan fingerprint density at radius 2 is 1.57 bits per heavy atom. The predicted octanol–water partition coefficient (Wildman–Crippen LogP) is 3.95. The van der Waals surface area contributed by atoms with Gasteiger partial charge in [0.2, 0.25) is 0 Å². The molecule has 0 aliphatic carbocycles. The van der Waals surface area contributed by atoms with Gasteiger partial charge in [-0.3, -0.25) is 0 Å². The molecule has 0 spiro atoms. The van der Waals surface area contributed by atoms with Gasteiger partial charge in [-0.05, 0) is 0 Å². The molecule has 0 saturated carbocycles. The van der Waals surface area contributed by atoms with Gasteiger partial charge in [-0.25, -0.2) is 0 Å². The second-order valence-electron chi connectivity index (χ2n) is 6.18. The Hall–Kier alpha value is -1.96. The SMILES string of the molecule is Cc1cc(C)c(N2c3ccccc3[Se]c3cc(C)oc32)c(C)c1. The van der Waals surface area contributed by atoms with E-state index in [-0.39, 0.29) is 0 Å². The van der Waals surface area contributed by atoms with E-state index in [0.717, 1.165) is 11.6 Å². The van der Waals surface area contributed by atoms with E-state index >= 15 is 0 Å². The number of anilines is 3. The van der Waals surface area contributed by atoms with Gasteiger partial charge in [-0.1, -0.05) is 0 Å². The summed E-state index contributed by atoms with van der Waals surface area (Å²) in [5, 5.41) is 0. The number of benzene rings is 2. The summed E-state index contributed by atoms with van der Waals surface area (Å²) in [5.74, 6) is 1.98. The summed E-state index contributed by atoms with van der Waals surface area (Å²) in [5.41, 5.74) is 6.37.